The van der Waals surface area contributed by atoms with Gasteiger partial charge in [-0.15, -0.1) is 0 Å². The second kappa shape index (κ2) is 5.16. The Balaban J connectivity index is 2.06. The average Bonchev–Trinajstić information content (AvgIpc) is 2.59. The number of imide groups is 1. The molecule has 0 unspecified atom stereocenters. The molecule has 0 atom stereocenters. The molecule has 106 valence electrons. The van der Waals surface area contributed by atoms with E-state index in [4.69, 9.17) is 4.74 Å². The van der Waals surface area contributed by atoms with Gasteiger partial charge in [0.15, 0.2) is 0 Å². The fourth-order valence-electron chi connectivity index (χ4n) is 2.49. The number of urea groups is 1. The van der Waals surface area contributed by atoms with Crippen molar-refractivity contribution in [3.63, 3.8) is 0 Å². The Morgan fingerprint density at radius 1 is 1.37 bits per heavy atom. The first-order valence-electron chi connectivity index (χ1n) is 6.47. The van der Waals surface area contributed by atoms with Crippen molar-refractivity contribution in [2.45, 2.75) is 25.3 Å². The number of hydrogen-bond donors (Lipinski definition) is 1. The van der Waals surface area contributed by atoms with Gasteiger partial charge >= 0.3 is 12.0 Å². The molecule has 0 saturated carbocycles. The van der Waals surface area contributed by atoms with Crippen molar-refractivity contribution >= 4 is 17.9 Å². The van der Waals surface area contributed by atoms with Gasteiger partial charge in [-0.3, -0.25) is 14.5 Å². The summed E-state index contributed by atoms with van der Waals surface area (Å²) in [5.74, 6) is -0.866. The molecule has 0 radical (unpaired) electrons. The minimum Gasteiger partial charge on any atom is -0.465 e. The van der Waals surface area contributed by atoms with Gasteiger partial charge in [0, 0.05) is 13.1 Å². The maximum Gasteiger partial charge on any atom is 0.326 e. The second-order valence-electron chi connectivity index (χ2n) is 5.01. The normalized spacial score (nSPS) is 22.7. The van der Waals surface area contributed by atoms with Crippen molar-refractivity contribution in [2.24, 2.45) is 0 Å². The monoisotopic (exact) mass is 269 g/mol. The summed E-state index contributed by atoms with van der Waals surface area (Å²) in [6.45, 7) is 3.11. The maximum absolute atomic E-state index is 12.4. The van der Waals surface area contributed by atoms with Crippen LogP contribution in [0.5, 0.6) is 0 Å². The van der Waals surface area contributed by atoms with Crippen LogP contribution in [0.3, 0.4) is 0 Å². The van der Waals surface area contributed by atoms with Crippen LogP contribution in [-0.2, 0) is 14.3 Å². The molecule has 7 heteroatoms. The van der Waals surface area contributed by atoms with Gasteiger partial charge in [-0.05, 0) is 26.8 Å². The lowest BCUT2D eigenvalue weighted by atomic mass is 9.88. The van der Waals surface area contributed by atoms with Crippen molar-refractivity contribution in [1.82, 2.24) is 15.1 Å². The van der Waals surface area contributed by atoms with Crippen molar-refractivity contribution in [3.05, 3.63) is 0 Å². The van der Waals surface area contributed by atoms with E-state index in [0.717, 1.165) is 18.0 Å². The number of nitrogens with one attached hydrogen (secondary N) is 1. The molecule has 2 rings (SSSR count). The SMILES string of the molecule is CCOC(=O)CN1C(=O)NC2(CCN(C)CC2)C1=O. The summed E-state index contributed by atoms with van der Waals surface area (Å²) in [6.07, 6.45) is 1.15. The van der Waals surface area contributed by atoms with Crippen molar-refractivity contribution < 1.29 is 19.1 Å². The highest BCUT2D eigenvalue weighted by molar-refractivity contribution is 6.08. The minimum absolute atomic E-state index is 0.235. The Morgan fingerprint density at radius 3 is 2.58 bits per heavy atom. The zero-order chi connectivity index (χ0) is 14.0. The molecule has 2 saturated heterocycles. The first kappa shape index (κ1) is 13.8. The summed E-state index contributed by atoms with van der Waals surface area (Å²) < 4.78 is 4.77. The molecule has 2 aliphatic heterocycles. The molecule has 3 amide bonds. The third kappa shape index (κ3) is 2.56. The molecule has 19 heavy (non-hydrogen) atoms. The molecule has 0 aromatic heterocycles. The van der Waals surface area contributed by atoms with Gasteiger partial charge in [0.2, 0.25) is 0 Å². The van der Waals surface area contributed by atoms with Gasteiger partial charge in [0.1, 0.15) is 12.1 Å². The molecule has 0 aromatic carbocycles. The molecule has 0 aliphatic carbocycles. The molecular formula is C12H19N3O4. The van der Waals surface area contributed by atoms with E-state index in [1.165, 1.54) is 0 Å². The number of amides is 3. The fraction of sp³-hybridized carbons (Fsp3) is 0.750. The average molecular weight is 269 g/mol. The van der Waals surface area contributed by atoms with Gasteiger partial charge in [-0.2, -0.15) is 0 Å². The molecule has 0 bridgehead atoms. The van der Waals surface area contributed by atoms with E-state index in [9.17, 15) is 14.4 Å². The second-order valence-corrected chi connectivity index (χ2v) is 5.01. The number of piperidine rings is 1. The molecular weight excluding hydrogens is 250 g/mol. The van der Waals surface area contributed by atoms with Gasteiger partial charge < -0.3 is 15.0 Å². The van der Waals surface area contributed by atoms with Crippen LogP contribution in [0.25, 0.3) is 0 Å². The predicted molar refractivity (Wildman–Crippen MR) is 66.3 cm³/mol. The van der Waals surface area contributed by atoms with E-state index in [1.54, 1.807) is 6.92 Å². The minimum atomic E-state index is -0.823. The summed E-state index contributed by atoms with van der Waals surface area (Å²) >= 11 is 0. The summed E-state index contributed by atoms with van der Waals surface area (Å²) in [5.41, 5.74) is -0.823. The van der Waals surface area contributed by atoms with Crippen LogP contribution in [0.4, 0.5) is 4.79 Å². The summed E-state index contributed by atoms with van der Waals surface area (Å²) in [5, 5.41) is 2.74. The van der Waals surface area contributed by atoms with E-state index in [2.05, 4.69) is 10.2 Å². The van der Waals surface area contributed by atoms with Crippen molar-refractivity contribution in [2.75, 3.05) is 33.3 Å². The summed E-state index contributed by atoms with van der Waals surface area (Å²) in [6, 6.07) is -0.498. The van der Waals surface area contributed by atoms with E-state index < -0.39 is 17.5 Å². The lowest BCUT2D eigenvalue weighted by Crippen LogP contribution is -2.54. The molecule has 0 aromatic rings. The molecule has 1 N–H and O–H groups in total. The number of hydrogen-bond acceptors (Lipinski definition) is 5. The standard InChI is InChI=1S/C12H19N3O4/c1-3-19-9(16)8-15-10(17)12(13-11(15)18)4-6-14(2)7-5-12/h3-8H2,1-2H3,(H,13,18). The van der Waals surface area contributed by atoms with E-state index in [0.29, 0.717) is 12.8 Å². The first-order valence-corrected chi connectivity index (χ1v) is 6.47. The number of rotatable bonds is 3. The number of esters is 1. The largest absolute Gasteiger partial charge is 0.465 e. The third-order valence-electron chi connectivity index (χ3n) is 3.68. The predicted octanol–water partition coefficient (Wildman–Crippen LogP) is -0.434. The van der Waals surface area contributed by atoms with Crippen LogP contribution in [0.1, 0.15) is 19.8 Å². The Morgan fingerprint density at radius 2 is 2.00 bits per heavy atom. The molecule has 2 aliphatic rings. The Hall–Kier alpha value is -1.63. The highest BCUT2D eigenvalue weighted by atomic mass is 16.5. The molecule has 2 fully saturated rings. The highest BCUT2D eigenvalue weighted by Crippen LogP contribution is 2.28. The first-order chi connectivity index (χ1) is 8.98. The Labute approximate surface area is 111 Å². The van der Waals surface area contributed by atoms with Crippen LogP contribution in [0.2, 0.25) is 0 Å². The quantitative estimate of drug-likeness (QED) is 0.555. The van der Waals surface area contributed by atoms with Crippen LogP contribution >= 0.6 is 0 Å². The number of nitrogens with zero attached hydrogens (tertiary/aromatic N) is 2. The van der Waals surface area contributed by atoms with Gasteiger partial charge in [-0.25, -0.2) is 4.79 Å². The van der Waals surface area contributed by atoms with Crippen LogP contribution in [0.15, 0.2) is 0 Å². The number of carbonyl (C=O) groups excluding carboxylic acids is 3. The molecule has 7 nitrogen and oxygen atoms in total. The number of ether oxygens (including phenoxy) is 1. The fourth-order valence-corrected chi connectivity index (χ4v) is 2.49. The lowest BCUT2D eigenvalue weighted by Gasteiger charge is -2.35. The smallest absolute Gasteiger partial charge is 0.326 e. The number of carbonyl (C=O) groups is 3. The van der Waals surface area contributed by atoms with Crippen LogP contribution < -0.4 is 5.32 Å². The zero-order valence-corrected chi connectivity index (χ0v) is 11.3. The topological polar surface area (TPSA) is 79.0 Å². The lowest BCUT2D eigenvalue weighted by molar-refractivity contribution is -0.147. The Bertz CT molecular complexity index is 402. The summed E-state index contributed by atoms with van der Waals surface area (Å²) in [4.78, 5) is 38.7. The van der Waals surface area contributed by atoms with Crippen LogP contribution in [-0.4, -0.2) is 66.5 Å². The van der Waals surface area contributed by atoms with Gasteiger partial charge in [0.25, 0.3) is 5.91 Å². The van der Waals surface area contributed by atoms with E-state index in [-0.39, 0.29) is 19.1 Å². The van der Waals surface area contributed by atoms with Crippen molar-refractivity contribution in [3.8, 4) is 0 Å². The van der Waals surface area contributed by atoms with E-state index in [1.807, 2.05) is 7.05 Å². The van der Waals surface area contributed by atoms with Gasteiger partial charge in [0.05, 0.1) is 6.61 Å². The number of likely N-dealkylation sites (tertiary alicyclic amines) is 1. The highest BCUT2D eigenvalue weighted by Gasteiger charge is 2.52. The maximum atomic E-state index is 12.4. The van der Waals surface area contributed by atoms with Crippen molar-refractivity contribution in [1.29, 1.82) is 0 Å². The van der Waals surface area contributed by atoms with Gasteiger partial charge in [-0.1, -0.05) is 0 Å². The molecule has 2 heterocycles. The third-order valence-corrected chi connectivity index (χ3v) is 3.68. The zero-order valence-electron chi connectivity index (χ0n) is 11.3. The van der Waals surface area contributed by atoms with E-state index >= 15 is 0 Å². The Kier molecular flexibility index (Phi) is 3.75. The molecule has 1 spiro atoms. The summed E-state index contributed by atoms with van der Waals surface area (Å²) in [7, 11) is 1.98. The van der Waals surface area contributed by atoms with Crippen LogP contribution in [0, 0.1) is 0 Å².